The molecular weight excluding hydrogens is 242 g/mol. The number of esters is 1. The second kappa shape index (κ2) is 6.09. The quantitative estimate of drug-likeness (QED) is 0.771. The van der Waals surface area contributed by atoms with Crippen LogP contribution in [0.5, 0.6) is 0 Å². The molecule has 0 aliphatic heterocycles. The van der Waals surface area contributed by atoms with E-state index in [2.05, 4.69) is 9.72 Å². The number of hydrogen-bond donors (Lipinski definition) is 0. The lowest BCUT2D eigenvalue weighted by Gasteiger charge is -2.03. The van der Waals surface area contributed by atoms with Gasteiger partial charge in [-0.3, -0.25) is 14.6 Å². The van der Waals surface area contributed by atoms with E-state index in [1.165, 1.54) is 7.11 Å². The number of hydrogen-bond acceptors (Lipinski definition) is 4. The van der Waals surface area contributed by atoms with Crippen molar-refractivity contribution in [3.63, 3.8) is 0 Å². The van der Waals surface area contributed by atoms with Gasteiger partial charge in [-0.25, -0.2) is 0 Å². The molecule has 1 heterocycles. The molecule has 0 saturated carbocycles. The molecule has 0 N–H and O–H groups in total. The van der Waals surface area contributed by atoms with E-state index in [0.717, 1.165) is 16.5 Å². The van der Waals surface area contributed by atoms with Crippen LogP contribution in [-0.4, -0.2) is 23.8 Å². The molecule has 4 heteroatoms. The standard InChI is InChI=1S/C15H15NO3/c1-19-15(18)7-6-13(17)9-11-8-12-4-2-3-5-14(12)16-10-11/h2-5,8,10H,6-7,9H2,1H3. The van der Waals surface area contributed by atoms with Gasteiger partial charge in [-0.15, -0.1) is 0 Å². The Hall–Kier alpha value is -2.23. The number of fused-ring (bicyclic) bond motifs is 1. The van der Waals surface area contributed by atoms with Gasteiger partial charge in [0.15, 0.2) is 0 Å². The summed E-state index contributed by atoms with van der Waals surface area (Å²) in [6.45, 7) is 0. The van der Waals surface area contributed by atoms with E-state index in [4.69, 9.17) is 0 Å². The van der Waals surface area contributed by atoms with Crippen LogP contribution >= 0.6 is 0 Å². The Morgan fingerprint density at radius 2 is 2.00 bits per heavy atom. The lowest BCUT2D eigenvalue weighted by Crippen LogP contribution is -2.08. The van der Waals surface area contributed by atoms with Gasteiger partial charge in [0.25, 0.3) is 0 Å². The summed E-state index contributed by atoms with van der Waals surface area (Å²) in [5.41, 5.74) is 1.78. The van der Waals surface area contributed by atoms with Gasteiger partial charge in [0.2, 0.25) is 0 Å². The monoisotopic (exact) mass is 257 g/mol. The Morgan fingerprint density at radius 3 is 2.79 bits per heavy atom. The predicted octanol–water partition coefficient (Wildman–Crippen LogP) is 2.30. The van der Waals surface area contributed by atoms with Gasteiger partial charge in [0.1, 0.15) is 5.78 Å². The summed E-state index contributed by atoms with van der Waals surface area (Å²) in [6.07, 6.45) is 2.35. The molecule has 4 nitrogen and oxygen atoms in total. The maximum atomic E-state index is 11.7. The van der Waals surface area contributed by atoms with Crippen LogP contribution in [0.25, 0.3) is 10.9 Å². The van der Waals surface area contributed by atoms with Gasteiger partial charge in [-0.1, -0.05) is 18.2 Å². The van der Waals surface area contributed by atoms with Crippen LogP contribution in [0.4, 0.5) is 0 Å². The molecule has 0 unspecified atom stereocenters. The lowest BCUT2D eigenvalue weighted by molar-refractivity contribution is -0.141. The summed E-state index contributed by atoms with van der Waals surface area (Å²) in [5, 5.41) is 1.01. The summed E-state index contributed by atoms with van der Waals surface area (Å²) < 4.78 is 4.50. The number of pyridine rings is 1. The van der Waals surface area contributed by atoms with Gasteiger partial charge >= 0.3 is 5.97 Å². The van der Waals surface area contributed by atoms with Crippen molar-refractivity contribution in [3.05, 3.63) is 42.1 Å². The van der Waals surface area contributed by atoms with Gasteiger partial charge in [-0.05, 0) is 17.7 Å². The second-order valence-electron chi connectivity index (χ2n) is 4.33. The van der Waals surface area contributed by atoms with Crippen molar-refractivity contribution in [2.75, 3.05) is 7.11 Å². The molecule has 0 aliphatic rings. The van der Waals surface area contributed by atoms with Gasteiger partial charge in [-0.2, -0.15) is 0 Å². The van der Waals surface area contributed by atoms with E-state index in [1.54, 1.807) is 6.20 Å². The Bertz CT molecular complexity index is 607. The molecule has 0 aliphatic carbocycles. The number of ketones is 1. The zero-order chi connectivity index (χ0) is 13.7. The molecule has 2 rings (SSSR count). The Morgan fingerprint density at radius 1 is 1.21 bits per heavy atom. The SMILES string of the molecule is COC(=O)CCC(=O)Cc1cnc2ccccc2c1. The largest absolute Gasteiger partial charge is 0.469 e. The minimum absolute atomic E-state index is 0.0162. The molecule has 2 aromatic rings. The number of carbonyl (C=O) groups excluding carboxylic acids is 2. The fourth-order valence-electron chi connectivity index (χ4n) is 1.87. The highest BCUT2D eigenvalue weighted by Crippen LogP contribution is 2.13. The van der Waals surface area contributed by atoms with Crippen molar-refractivity contribution in [2.45, 2.75) is 19.3 Å². The first-order chi connectivity index (χ1) is 9.19. The molecule has 98 valence electrons. The van der Waals surface area contributed by atoms with Crippen molar-refractivity contribution in [3.8, 4) is 0 Å². The van der Waals surface area contributed by atoms with Crippen LogP contribution < -0.4 is 0 Å². The number of Topliss-reactive ketones (excluding diaryl/α,β-unsaturated/α-hetero) is 1. The Balaban J connectivity index is 2.01. The van der Waals surface area contributed by atoms with E-state index >= 15 is 0 Å². The number of ether oxygens (including phenoxy) is 1. The Kier molecular flexibility index (Phi) is 4.23. The fraction of sp³-hybridized carbons (Fsp3) is 0.267. The molecule has 0 bridgehead atoms. The maximum absolute atomic E-state index is 11.7. The fourth-order valence-corrected chi connectivity index (χ4v) is 1.87. The number of aromatic nitrogens is 1. The topological polar surface area (TPSA) is 56.3 Å². The summed E-state index contributed by atoms with van der Waals surface area (Å²) in [7, 11) is 1.32. The molecular formula is C15H15NO3. The molecule has 0 amide bonds. The number of carbonyl (C=O) groups is 2. The van der Waals surface area contributed by atoms with E-state index in [0.29, 0.717) is 6.42 Å². The highest BCUT2D eigenvalue weighted by Gasteiger charge is 2.08. The average Bonchev–Trinajstić information content (AvgIpc) is 2.44. The van der Waals surface area contributed by atoms with Crippen LogP contribution in [0.15, 0.2) is 36.5 Å². The molecule has 1 aromatic carbocycles. The molecule has 19 heavy (non-hydrogen) atoms. The van der Waals surface area contributed by atoms with Crippen molar-refractivity contribution < 1.29 is 14.3 Å². The third-order valence-corrected chi connectivity index (χ3v) is 2.88. The number of rotatable bonds is 5. The molecule has 0 radical (unpaired) electrons. The lowest BCUT2D eigenvalue weighted by atomic mass is 10.1. The molecule has 0 atom stereocenters. The second-order valence-corrected chi connectivity index (χ2v) is 4.33. The molecule has 0 saturated heterocycles. The predicted molar refractivity (Wildman–Crippen MR) is 71.7 cm³/mol. The van der Waals surface area contributed by atoms with Gasteiger partial charge < -0.3 is 4.74 Å². The van der Waals surface area contributed by atoms with E-state index in [9.17, 15) is 9.59 Å². The first-order valence-corrected chi connectivity index (χ1v) is 6.11. The number of methoxy groups -OCH3 is 1. The summed E-state index contributed by atoms with van der Waals surface area (Å²) >= 11 is 0. The van der Waals surface area contributed by atoms with Crippen LogP contribution in [0.1, 0.15) is 18.4 Å². The zero-order valence-electron chi connectivity index (χ0n) is 10.8. The zero-order valence-corrected chi connectivity index (χ0v) is 10.8. The maximum Gasteiger partial charge on any atom is 0.305 e. The third kappa shape index (κ3) is 3.61. The normalized spacial score (nSPS) is 10.4. The van der Waals surface area contributed by atoms with Crippen LogP contribution in [-0.2, 0) is 20.7 Å². The van der Waals surface area contributed by atoms with E-state index < -0.39 is 0 Å². The van der Waals surface area contributed by atoms with Crippen molar-refractivity contribution in [1.82, 2.24) is 4.98 Å². The highest BCUT2D eigenvalue weighted by atomic mass is 16.5. The molecule has 1 aromatic heterocycles. The molecule has 0 fully saturated rings. The number of benzene rings is 1. The van der Waals surface area contributed by atoms with E-state index in [-0.39, 0.29) is 24.6 Å². The van der Waals surface area contributed by atoms with Crippen LogP contribution in [0.3, 0.4) is 0 Å². The number of nitrogens with zero attached hydrogens (tertiary/aromatic N) is 1. The van der Waals surface area contributed by atoms with Crippen LogP contribution in [0, 0.1) is 0 Å². The van der Waals surface area contributed by atoms with Crippen molar-refractivity contribution >= 4 is 22.7 Å². The summed E-state index contributed by atoms with van der Waals surface area (Å²) in [4.78, 5) is 27.0. The summed E-state index contributed by atoms with van der Waals surface area (Å²) in [6, 6.07) is 9.71. The van der Waals surface area contributed by atoms with Crippen molar-refractivity contribution in [2.24, 2.45) is 0 Å². The first-order valence-electron chi connectivity index (χ1n) is 6.11. The van der Waals surface area contributed by atoms with Crippen LogP contribution in [0.2, 0.25) is 0 Å². The van der Waals surface area contributed by atoms with Gasteiger partial charge in [0.05, 0.1) is 19.0 Å². The minimum atomic E-state index is -0.356. The third-order valence-electron chi connectivity index (χ3n) is 2.88. The Labute approximate surface area is 111 Å². The van der Waals surface area contributed by atoms with E-state index in [1.807, 2.05) is 30.3 Å². The highest BCUT2D eigenvalue weighted by molar-refractivity contribution is 5.86. The van der Waals surface area contributed by atoms with Gasteiger partial charge in [0, 0.05) is 24.4 Å². The minimum Gasteiger partial charge on any atom is -0.469 e. The first kappa shape index (κ1) is 13.2. The smallest absolute Gasteiger partial charge is 0.305 e. The average molecular weight is 257 g/mol. The van der Waals surface area contributed by atoms with Crippen molar-refractivity contribution in [1.29, 1.82) is 0 Å². The summed E-state index contributed by atoms with van der Waals surface area (Å²) in [5.74, 6) is -0.340. The number of para-hydroxylation sites is 1. The molecule has 0 spiro atoms.